The fraction of sp³-hybridized carbons (Fsp3) is 0.364. The van der Waals surface area contributed by atoms with E-state index in [2.05, 4.69) is 25.4 Å². The summed E-state index contributed by atoms with van der Waals surface area (Å²) in [6.07, 6.45) is 4.00. The Bertz CT molecular complexity index is 969. The normalized spacial score (nSPS) is 15.6. The summed E-state index contributed by atoms with van der Waals surface area (Å²) >= 11 is 0. The molecule has 2 aromatic rings. The lowest BCUT2D eigenvalue weighted by molar-refractivity contribution is -0.114. The molecule has 0 saturated carbocycles. The smallest absolute Gasteiger partial charge is 0.222 e. The summed E-state index contributed by atoms with van der Waals surface area (Å²) in [5.74, 6) is 1.85. The highest BCUT2D eigenvalue weighted by atomic mass is 16.5. The van der Waals surface area contributed by atoms with E-state index < -0.39 is 0 Å². The molecule has 1 fully saturated rings. The lowest BCUT2D eigenvalue weighted by atomic mass is 10.0. The first-order valence-electron chi connectivity index (χ1n) is 10.0. The Morgan fingerprint density at radius 1 is 1.13 bits per heavy atom. The maximum atomic E-state index is 11.6. The van der Waals surface area contributed by atoms with Crippen LogP contribution in [0.15, 0.2) is 30.5 Å². The topological polar surface area (TPSA) is 79.0 Å². The van der Waals surface area contributed by atoms with Crippen molar-refractivity contribution in [2.24, 2.45) is 0 Å². The number of ether oxygens (including phenoxy) is 2. The van der Waals surface area contributed by atoms with Gasteiger partial charge in [-0.25, -0.2) is 4.98 Å². The van der Waals surface area contributed by atoms with Gasteiger partial charge >= 0.3 is 0 Å². The Hall–Kier alpha value is -3.26. The van der Waals surface area contributed by atoms with Gasteiger partial charge in [-0.3, -0.25) is 4.79 Å². The Morgan fingerprint density at radius 2 is 1.90 bits per heavy atom. The number of nitrogens with one attached hydrogen (secondary N) is 2. The maximum Gasteiger partial charge on any atom is 0.222 e. The first-order chi connectivity index (χ1) is 14.6. The summed E-state index contributed by atoms with van der Waals surface area (Å²) < 4.78 is 10.8. The minimum atomic E-state index is -0.125. The number of methoxy groups -OCH3 is 2. The number of piperazine rings is 1. The molecule has 1 aromatic heterocycles. The lowest BCUT2D eigenvalue weighted by Crippen LogP contribution is -2.44. The quantitative estimate of drug-likeness (QED) is 0.785. The van der Waals surface area contributed by atoms with Crippen molar-refractivity contribution in [2.45, 2.75) is 13.5 Å². The number of pyridine rings is 1. The van der Waals surface area contributed by atoms with Crippen LogP contribution in [0, 0.1) is 0 Å². The van der Waals surface area contributed by atoms with Crippen LogP contribution >= 0.6 is 0 Å². The third kappa shape index (κ3) is 4.04. The number of aromatic nitrogens is 1. The Kier molecular flexibility index (Phi) is 5.76. The SMILES string of the molecule is COc1ccc(N2C=Cc3nc(NC(C)=O)cc(N4CCNCC4)c3C2)cc1OC. The molecular formula is C22H27N5O3. The van der Waals surface area contributed by atoms with Crippen molar-refractivity contribution in [1.82, 2.24) is 10.3 Å². The van der Waals surface area contributed by atoms with Gasteiger partial charge in [-0.05, 0) is 18.2 Å². The van der Waals surface area contributed by atoms with Gasteiger partial charge in [-0.15, -0.1) is 0 Å². The molecule has 4 rings (SSSR count). The summed E-state index contributed by atoms with van der Waals surface area (Å²) in [5, 5.41) is 6.23. The molecule has 0 bridgehead atoms. The molecule has 0 spiro atoms. The second kappa shape index (κ2) is 8.62. The second-order valence-electron chi connectivity index (χ2n) is 7.29. The summed E-state index contributed by atoms with van der Waals surface area (Å²) in [4.78, 5) is 20.8. The van der Waals surface area contributed by atoms with Crippen LogP contribution in [0.1, 0.15) is 18.2 Å². The van der Waals surface area contributed by atoms with Gasteiger partial charge in [0.15, 0.2) is 11.5 Å². The fourth-order valence-electron chi connectivity index (χ4n) is 3.87. The number of rotatable bonds is 5. The van der Waals surface area contributed by atoms with E-state index in [1.165, 1.54) is 6.92 Å². The highest BCUT2D eigenvalue weighted by molar-refractivity contribution is 5.89. The number of nitrogens with zero attached hydrogens (tertiary/aromatic N) is 3. The molecule has 2 N–H and O–H groups in total. The molecule has 2 aliphatic heterocycles. The van der Waals surface area contributed by atoms with Gasteiger partial charge in [0, 0.05) is 68.4 Å². The van der Waals surface area contributed by atoms with Crippen molar-refractivity contribution in [3.05, 3.63) is 41.7 Å². The summed E-state index contributed by atoms with van der Waals surface area (Å²) in [7, 11) is 3.27. The molecule has 2 aliphatic rings. The van der Waals surface area contributed by atoms with E-state index in [0.717, 1.165) is 48.8 Å². The standard InChI is InChI=1S/C22H27N5O3/c1-15(28)24-22-13-19(26-10-7-23-8-11-26)17-14-27(9-6-18(17)25-22)16-4-5-20(29-2)21(12-16)30-3/h4-6,9,12-13,23H,7-8,10-11,14H2,1-3H3,(H,24,25,28). The minimum Gasteiger partial charge on any atom is -0.493 e. The van der Waals surface area contributed by atoms with Crippen LogP contribution in [0.25, 0.3) is 6.08 Å². The van der Waals surface area contributed by atoms with Crippen LogP contribution < -0.4 is 29.9 Å². The number of hydrogen-bond donors (Lipinski definition) is 2. The van der Waals surface area contributed by atoms with Crippen molar-refractivity contribution in [2.75, 3.05) is 55.5 Å². The summed E-state index contributed by atoms with van der Waals surface area (Å²) in [5.41, 5.74) is 4.14. The molecule has 1 saturated heterocycles. The van der Waals surface area contributed by atoms with E-state index in [0.29, 0.717) is 23.9 Å². The van der Waals surface area contributed by atoms with Gasteiger partial charge < -0.3 is 29.9 Å². The van der Waals surface area contributed by atoms with Crippen molar-refractivity contribution in [1.29, 1.82) is 0 Å². The summed E-state index contributed by atoms with van der Waals surface area (Å²) in [6, 6.07) is 7.88. The molecule has 3 heterocycles. The number of hydrogen-bond acceptors (Lipinski definition) is 7. The van der Waals surface area contributed by atoms with E-state index in [1.807, 2.05) is 36.5 Å². The van der Waals surface area contributed by atoms with Crippen LogP contribution in [0.3, 0.4) is 0 Å². The molecular weight excluding hydrogens is 382 g/mol. The highest BCUT2D eigenvalue weighted by Crippen LogP contribution is 2.36. The van der Waals surface area contributed by atoms with Crippen molar-refractivity contribution >= 4 is 29.2 Å². The molecule has 0 unspecified atom stereocenters. The number of benzene rings is 1. The molecule has 1 amide bonds. The predicted octanol–water partition coefficient (Wildman–Crippen LogP) is 2.46. The molecule has 8 nitrogen and oxygen atoms in total. The zero-order valence-electron chi connectivity index (χ0n) is 17.6. The number of fused-ring (bicyclic) bond motifs is 1. The van der Waals surface area contributed by atoms with E-state index in [9.17, 15) is 4.79 Å². The van der Waals surface area contributed by atoms with Crippen molar-refractivity contribution < 1.29 is 14.3 Å². The maximum absolute atomic E-state index is 11.6. The van der Waals surface area contributed by atoms with Crippen LogP contribution in [-0.4, -0.2) is 51.3 Å². The molecule has 30 heavy (non-hydrogen) atoms. The van der Waals surface area contributed by atoms with Gasteiger partial charge in [0.2, 0.25) is 5.91 Å². The van der Waals surface area contributed by atoms with E-state index in [1.54, 1.807) is 14.2 Å². The van der Waals surface area contributed by atoms with Crippen LogP contribution in [0.2, 0.25) is 0 Å². The molecule has 0 aliphatic carbocycles. The molecule has 158 valence electrons. The number of carbonyl (C=O) groups excluding carboxylic acids is 1. The average Bonchev–Trinajstić information content (AvgIpc) is 2.78. The molecule has 1 aromatic carbocycles. The third-order valence-electron chi connectivity index (χ3n) is 5.33. The van der Waals surface area contributed by atoms with Gasteiger partial charge in [0.05, 0.1) is 26.5 Å². The Labute approximate surface area is 176 Å². The number of carbonyl (C=O) groups is 1. The molecule has 8 heteroatoms. The summed E-state index contributed by atoms with van der Waals surface area (Å²) in [6.45, 7) is 5.86. The van der Waals surface area contributed by atoms with Crippen LogP contribution in [-0.2, 0) is 11.3 Å². The second-order valence-corrected chi connectivity index (χ2v) is 7.29. The van der Waals surface area contributed by atoms with E-state index >= 15 is 0 Å². The van der Waals surface area contributed by atoms with Gasteiger partial charge in [0.25, 0.3) is 0 Å². The minimum absolute atomic E-state index is 0.125. The monoisotopic (exact) mass is 409 g/mol. The Balaban J connectivity index is 1.71. The zero-order chi connectivity index (χ0) is 21.1. The van der Waals surface area contributed by atoms with Gasteiger partial charge in [0.1, 0.15) is 5.82 Å². The predicted molar refractivity (Wildman–Crippen MR) is 118 cm³/mol. The molecule has 0 radical (unpaired) electrons. The number of anilines is 3. The largest absolute Gasteiger partial charge is 0.493 e. The Morgan fingerprint density at radius 3 is 2.60 bits per heavy atom. The number of amides is 1. The van der Waals surface area contributed by atoms with Crippen molar-refractivity contribution in [3.8, 4) is 11.5 Å². The first kappa shape index (κ1) is 20.0. The van der Waals surface area contributed by atoms with Crippen LogP contribution in [0.4, 0.5) is 17.2 Å². The lowest BCUT2D eigenvalue weighted by Gasteiger charge is -2.34. The van der Waals surface area contributed by atoms with E-state index in [-0.39, 0.29) is 5.91 Å². The third-order valence-corrected chi connectivity index (χ3v) is 5.33. The van der Waals surface area contributed by atoms with Gasteiger partial charge in [-0.1, -0.05) is 0 Å². The van der Waals surface area contributed by atoms with Gasteiger partial charge in [-0.2, -0.15) is 0 Å². The van der Waals surface area contributed by atoms with E-state index in [4.69, 9.17) is 9.47 Å². The first-order valence-corrected chi connectivity index (χ1v) is 10.0. The highest BCUT2D eigenvalue weighted by Gasteiger charge is 2.23. The molecule has 0 atom stereocenters. The fourth-order valence-corrected chi connectivity index (χ4v) is 3.87. The van der Waals surface area contributed by atoms with Crippen LogP contribution in [0.5, 0.6) is 11.5 Å². The van der Waals surface area contributed by atoms with Crippen molar-refractivity contribution in [3.63, 3.8) is 0 Å². The zero-order valence-corrected chi connectivity index (χ0v) is 17.6. The average molecular weight is 409 g/mol.